The molecule has 1 amide bonds. The number of nitrogens with zero attached hydrogens (tertiary/aromatic N) is 1. The highest BCUT2D eigenvalue weighted by Gasteiger charge is 2.37. The van der Waals surface area contributed by atoms with Crippen molar-refractivity contribution in [1.29, 1.82) is 0 Å². The number of nitrogens with one attached hydrogen (secondary N) is 1. The van der Waals surface area contributed by atoms with Gasteiger partial charge in [-0.1, -0.05) is 13.0 Å². The van der Waals surface area contributed by atoms with Crippen LogP contribution in [-0.2, 0) is 4.79 Å². The minimum Gasteiger partial charge on any atom is -0.495 e. The molecule has 2 aliphatic rings. The summed E-state index contributed by atoms with van der Waals surface area (Å²) in [6.07, 6.45) is 6.78. The number of rotatable bonds is 5. The number of hydrogen-bond donors (Lipinski definition) is 1. The van der Waals surface area contributed by atoms with Crippen LogP contribution in [0.3, 0.4) is 0 Å². The van der Waals surface area contributed by atoms with Crippen LogP contribution in [0.1, 0.15) is 51.0 Å². The Morgan fingerprint density at radius 2 is 2.16 bits per heavy atom. The van der Waals surface area contributed by atoms with Gasteiger partial charge in [-0.25, -0.2) is 0 Å². The normalized spacial score (nSPS) is 26.0. The quantitative estimate of drug-likeness (QED) is 0.869. The Bertz CT molecular complexity index is 602. The molecular formula is C21H32N2O2. The molecule has 3 atom stereocenters. The number of carbonyl (C=O) groups is 1. The smallest absolute Gasteiger partial charge is 0.224 e. The monoisotopic (exact) mass is 344 g/mol. The lowest BCUT2D eigenvalue weighted by Gasteiger charge is -2.45. The topological polar surface area (TPSA) is 41.6 Å². The lowest BCUT2D eigenvalue weighted by Crippen LogP contribution is -2.50. The molecule has 4 heteroatoms. The standard InChI is InChI=1S/C21H32N2O2/c1-15-6-8-19-17(13-15)5-4-12-23(19)21(24)10-11-22-18-14-16(2)7-9-20(18)25-3/h7,9,14-15,17,19,22H,4-6,8,10-13H2,1-3H3/t15-,17+,19-/m0/s1. The van der Waals surface area contributed by atoms with E-state index in [0.29, 0.717) is 24.9 Å². The van der Waals surface area contributed by atoms with Crippen molar-refractivity contribution in [3.05, 3.63) is 23.8 Å². The van der Waals surface area contributed by atoms with Crippen LogP contribution in [0.15, 0.2) is 18.2 Å². The molecular weight excluding hydrogens is 312 g/mol. The van der Waals surface area contributed by atoms with Crippen molar-refractivity contribution in [2.45, 2.75) is 58.4 Å². The van der Waals surface area contributed by atoms with Gasteiger partial charge < -0.3 is 15.0 Å². The Hall–Kier alpha value is -1.71. The summed E-state index contributed by atoms with van der Waals surface area (Å²) in [6, 6.07) is 6.57. The Morgan fingerprint density at radius 3 is 2.96 bits per heavy atom. The van der Waals surface area contributed by atoms with Crippen LogP contribution in [0, 0.1) is 18.8 Å². The second-order valence-electron chi connectivity index (χ2n) is 7.86. The Kier molecular flexibility index (Phi) is 5.87. The van der Waals surface area contributed by atoms with E-state index in [1.54, 1.807) is 7.11 Å². The van der Waals surface area contributed by atoms with Gasteiger partial charge in [0.15, 0.2) is 0 Å². The van der Waals surface area contributed by atoms with Crippen LogP contribution in [-0.4, -0.2) is 37.0 Å². The van der Waals surface area contributed by atoms with Gasteiger partial charge in [-0.3, -0.25) is 4.79 Å². The predicted octanol–water partition coefficient (Wildman–Crippen LogP) is 4.23. The van der Waals surface area contributed by atoms with E-state index in [4.69, 9.17) is 4.74 Å². The summed E-state index contributed by atoms with van der Waals surface area (Å²) < 4.78 is 5.40. The minimum absolute atomic E-state index is 0.309. The highest BCUT2D eigenvalue weighted by atomic mass is 16.5. The molecule has 4 nitrogen and oxygen atoms in total. The van der Waals surface area contributed by atoms with Crippen molar-refractivity contribution in [3.8, 4) is 5.75 Å². The summed E-state index contributed by atoms with van der Waals surface area (Å²) in [6.45, 7) is 6.02. The number of methoxy groups -OCH3 is 1. The minimum atomic E-state index is 0.309. The van der Waals surface area contributed by atoms with E-state index in [0.717, 1.165) is 29.8 Å². The van der Waals surface area contributed by atoms with Crippen LogP contribution in [0.4, 0.5) is 5.69 Å². The molecule has 25 heavy (non-hydrogen) atoms. The van der Waals surface area contributed by atoms with Crippen LogP contribution in [0.2, 0.25) is 0 Å². The van der Waals surface area contributed by atoms with Crippen LogP contribution in [0.5, 0.6) is 5.75 Å². The molecule has 0 spiro atoms. The second kappa shape index (κ2) is 8.11. The van der Waals surface area contributed by atoms with Gasteiger partial charge >= 0.3 is 0 Å². The van der Waals surface area contributed by atoms with Gasteiger partial charge in [-0.05, 0) is 68.6 Å². The number of anilines is 1. The van der Waals surface area contributed by atoms with E-state index in [1.807, 2.05) is 12.1 Å². The third-order valence-corrected chi connectivity index (χ3v) is 5.91. The van der Waals surface area contributed by atoms with Crippen LogP contribution >= 0.6 is 0 Å². The number of likely N-dealkylation sites (tertiary alicyclic amines) is 1. The zero-order valence-electron chi connectivity index (χ0n) is 15.9. The molecule has 1 aliphatic carbocycles. The summed E-state index contributed by atoms with van der Waals surface area (Å²) in [5, 5.41) is 3.38. The molecule has 0 unspecified atom stereocenters. The number of fused-ring (bicyclic) bond motifs is 1. The van der Waals surface area contributed by atoms with Gasteiger partial charge in [0.2, 0.25) is 5.91 Å². The molecule has 1 aromatic carbocycles. The maximum atomic E-state index is 12.8. The van der Waals surface area contributed by atoms with Crippen molar-refractivity contribution < 1.29 is 9.53 Å². The largest absolute Gasteiger partial charge is 0.495 e. The van der Waals surface area contributed by atoms with Gasteiger partial charge in [0, 0.05) is 25.6 Å². The van der Waals surface area contributed by atoms with E-state index in [-0.39, 0.29) is 0 Å². The van der Waals surface area contributed by atoms with Crippen molar-refractivity contribution in [3.63, 3.8) is 0 Å². The number of piperidine rings is 1. The van der Waals surface area contributed by atoms with E-state index in [2.05, 4.69) is 30.1 Å². The molecule has 1 saturated heterocycles. The molecule has 1 saturated carbocycles. The average molecular weight is 344 g/mol. The van der Waals surface area contributed by atoms with Crippen LogP contribution < -0.4 is 10.1 Å². The molecule has 3 rings (SSSR count). The maximum absolute atomic E-state index is 12.8. The molecule has 1 heterocycles. The average Bonchev–Trinajstić information content (AvgIpc) is 2.61. The lowest BCUT2D eigenvalue weighted by molar-refractivity contribution is -0.137. The number of amides is 1. The summed E-state index contributed by atoms with van der Waals surface area (Å²) >= 11 is 0. The van der Waals surface area contributed by atoms with E-state index < -0.39 is 0 Å². The number of benzene rings is 1. The SMILES string of the molecule is COc1ccc(C)cc1NCCC(=O)N1CCC[C@@H]2C[C@@H](C)CC[C@@H]21. The summed E-state index contributed by atoms with van der Waals surface area (Å²) in [5.74, 6) is 2.69. The van der Waals surface area contributed by atoms with Gasteiger partial charge in [0.05, 0.1) is 12.8 Å². The third-order valence-electron chi connectivity index (χ3n) is 5.91. The van der Waals surface area contributed by atoms with Crippen LogP contribution in [0.25, 0.3) is 0 Å². The maximum Gasteiger partial charge on any atom is 0.224 e. The van der Waals surface area contributed by atoms with Crippen molar-refractivity contribution in [2.75, 3.05) is 25.5 Å². The van der Waals surface area contributed by atoms with Crippen molar-refractivity contribution in [2.24, 2.45) is 11.8 Å². The van der Waals surface area contributed by atoms with Gasteiger partial charge in [-0.2, -0.15) is 0 Å². The highest BCUT2D eigenvalue weighted by Crippen LogP contribution is 2.38. The third kappa shape index (κ3) is 4.28. The van der Waals surface area contributed by atoms with Gasteiger partial charge in [-0.15, -0.1) is 0 Å². The first kappa shape index (κ1) is 18.1. The number of aryl methyl sites for hydroxylation is 1. The van der Waals surface area contributed by atoms with E-state index in [9.17, 15) is 4.79 Å². The van der Waals surface area contributed by atoms with E-state index >= 15 is 0 Å². The molecule has 1 aromatic rings. The van der Waals surface area contributed by atoms with E-state index in [1.165, 1.54) is 37.7 Å². The summed E-state index contributed by atoms with van der Waals surface area (Å²) in [5.41, 5.74) is 2.16. The number of hydrogen-bond acceptors (Lipinski definition) is 3. The summed E-state index contributed by atoms with van der Waals surface area (Å²) in [7, 11) is 1.68. The van der Waals surface area contributed by atoms with Crippen molar-refractivity contribution in [1.82, 2.24) is 4.90 Å². The first-order valence-electron chi connectivity index (χ1n) is 9.76. The predicted molar refractivity (Wildman–Crippen MR) is 102 cm³/mol. The molecule has 0 aromatic heterocycles. The molecule has 1 N–H and O–H groups in total. The fourth-order valence-corrected chi connectivity index (χ4v) is 4.61. The Labute approximate surface area is 151 Å². The number of carbonyl (C=O) groups excluding carboxylic acids is 1. The first-order valence-corrected chi connectivity index (χ1v) is 9.76. The molecule has 138 valence electrons. The number of ether oxygens (including phenoxy) is 1. The second-order valence-corrected chi connectivity index (χ2v) is 7.86. The molecule has 1 aliphatic heterocycles. The molecule has 0 radical (unpaired) electrons. The zero-order chi connectivity index (χ0) is 17.8. The van der Waals surface area contributed by atoms with Gasteiger partial charge in [0.25, 0.3) is 0 Å². The Morgan fingerprint density at radius 1 is 1.32 bits per heavy atom. The first-order chi connectivity index (χ1) is 12.1. The molecule has 2 fully saturated rings. The van der Waals surface area contributed by atoms with Gasteiger partial charge in [0.1, 0.15) is 5.75 Å². The zero-order valence-corrected chi connectivity index (χ0v) is 15.9. The Balaban J connectivity index is 1.55. The molecule has 0 bridgehead atoms. The lowest BCUT2D eigenvalue weighted by atomic mass is 9.74. The fourth-order valence-electron chi connectivity index (χ4n) is 4.61. The van der Waals surface area contributed by atoms with Crippen molar-refractivity contribution >= 4 is 11.6 Å². The summed E-state index contributed by atoms with van der Waals surface area (Å²) in [4.78, 5) is 15.0. The fraction of sp³-hybridized carbons (Fsp3) is 0.667. The highest BCUT2D eigenvalue weighted by molar-refractivity contribution is 5.77.